The van der Waals surface area contributed by atoms with E-state index in [4.69, 9.17) is 0 Å². The molecule has 1 atom stereocenters. The van der Waals surface area contributed by atoms with Crippen molar-refractivity contribution in [2.75, 3.05) is 29.6 Å². The number of unbranched alkanes of at least 4 members (excludes halogenated alkanes) is 1. The van der Waals surface area contributed by atoms with Crippen molar-refractivity contribution in [1.82, 2.24) is 4.57 Å². The average Bonchev–Trinajstić information content (AvgIpc) is 3.35. The molecule has 0 N–H and O–H groups in total. The quantitative estimate of drug-likeness (QED) is 0.343. The van der Waals surface area contributed by atoms with Crippen LogP contribution in [0, 0.1) is 0 Å². The first-order valence-corrected chi connectivity index (χ1v) is 12.4. The Balaban J connectivity index is 1.58. The van der Waals surface area contributed by atoms with Gasteiger partial charge in [0.2, 0.25) is 5.91 Å². The summed E-state index contributed by atoms with van der Waals surface area (Å²) in [7, 11) is 4.09. The van der Waals surface area contributed by atoms with Crippen molar-refractivity contribution >= 4 is 50.8 Å². The number of amides is 1. The van der Waals surface area contributed by atoms with Crippen LogP contribution in [0.2, 0.25) is 0 Å². The summed E-state index contributed by atoms with van der Waals surface area (Å²) in [5, 5.41) is 2.48. The van der Waals surface area contributed by atoms with Crippen molar-refractivity contribution in [2.24, 2.45) is 0 Å². The SMILES string of the molecule is CCCCn1c2ccccc2c2cc(N3C(=O)CSC3c3ccc(N(C)C)cc3)ccc21. The molecule has 1 amide bonds. The molecule has 0 spiro atoms. The van der Waals surface area contributed by atoms with Gasteiger partial charge in [-0.1, -0.05) is 43.7 Å². The summed E-state index contributed by atoms with van der Waals surface area (Å²) in [4.78, 5) is 17.0. The summed E-state index contributed by atoms with van der Waals surface area (Å²) in [5.74, 6) is 0.682. The van der Waals surface area contributed by atoms with Crippen LogP contribution in [0.25, 0.3) is 21.8 Å². The number of fused-ring (bicyclic) bond motifs is 3. The van der Waals surface area contributed by atoms with Crippen LogP contribution >= 0.6 is 11.8 Å². The van der Waals surface area contributed by atoms with Crippen molar-refractivity contribution in [3.8, 4) is 0 Å². The van der Waals surface area contributed by atoms with Gasteiger partial charge in [0.05, 0.1) is 5.75 Å². The summed E-state index contributed by atoms with van der Waals surface area (Å²) >= 11 is 1.70. The molecule has 5 rings (SSSR count). The Kier molecular flexibility index (Phi) is 5.60. The van der Waals surface area contributed by atoms with E-state index in [0.717, 1.165) is 29.9 Å². The predicted molar refractivity (Wildman–Crippen MR) is 138 cm³/mol. The molecule has 3 aromatic carbocycles. The van der Waals surface area contributed by atoms with Gasteiger partial charge in [-0.05, 0) is 48.4 Å². The molecular weight excluding hydrogens is 414 g/mol. The molecular formula is C27H29N3OS. The third kappa shape index (κ3) is 3.55. The van der Waals surface area contributed by atoms with Crippen LogP contribution in [0.1, 0.15) is 30.7 Å². The second-order valence-electron chi connectivity index (χ2n) is 8.64. The number of nitrogens with zero attached hydrogens (tertiary/aromatic N) is 3. The topological polar surface area (TPSA) is 28.5 Å². The average molecular weight is 444 g/mol. The van der Waals surface area contributed by atoms with E-state index in [9.17, 15) is 4.79 Å². The van der Waals surface area contributed by atoms with Crippen LogP contribution < -0.4 is 9.80 Å². The number of para-hydroxylation sites is 1. The van der Waals surface area contributed by atoms with Crippen LogP contribution in [0.5, 0.6) is 0 Å². The van der Waals surface area contributed by atoms with Gasteiger partial charge in [-0.15, -0.1) is 11.8 Å². The van der Waals surface area contributed by atoms with Gasteiger partial charge in [0.15, 0.2) is 0 Å². The van der Waals surface area contributed by atoms with Crippen LogP contribution in [0.4, 0.5) is 11.4 Å². The Morgan fingerprint density at radius 1 is 0.969 bits per heavy atom. The van der Waals surface area contributed by atoms with Gasteiger partial charge >= 0.3 is 0 Å². The fraction of sp³-hybridized carbons (Fsp3) is 0.296. The molecule has 4 nitrogen and oxygen atoms in total. The van der Waals surface area contributed by atoms with E-state index < -0.39 is 0 Å². The van der Waals surface area contributed by atoms with E-state index in [0.29, 0.717) is 5.75 Å². The standard InChI is InChI=1S/C27H29N3OS/c1-4-5-16-29-24-9-7-6-8-22(24)23-17-21(14-15-25(23)29)30-26(31)18-32-27(30)19-10-12-20(13-11-19)28(2)3/h6-15,17,27H,4-5,16,18H2,1-3H3. The van der Waals surface area contributed by atoms with Gasteiger partial charge in [-0.2, -0.15) is 0 Å². The highest BCUT2D eigenvalue weighted by molar-refractivity contribution is 8.00. The van der Waals surface area contributed by atoms with Gasteiger partial charge in [-0.3, -0.25) is 9.69 Å². The first kappa shape index (κ1) is 21.0. The number of benzene rings is 3. The minimum Gasteiger partial charge on any atom is -0.378 e. The van der Waals surface area contributed by atoms with Gasteiger partial charge in [-0.25, -0.2) is 0 Å². The Bertz CT molecular complexity index is 1280. The predicted octanol–water partition coefficient (Wildman–Crippen LogP) is 6.44. The van der Waals surface area contributed by atoms with E-state index in [1.165, 1.54) is 28.2 Å². The molecule has 1 aliphatic rings. The second-order valence-corrected chi connectivity index (χ2v) is 9.71. The van der Waals surface area contributed by atoms with E-state index in [1.54, 1.807) is 11.8 Å². The molecule has 1 unspecified atom stereocenters. The number of hydrogen-bond donors (Lipinski definition) is 0. The van der Waals surface area contributed by atoms with E-state index in [2.05, 4.69) is 83.1 Å². The molecule has 4 aromatic rings. The lowest BCUT2D eigenvalue weighted by atomic mass is 10.1. The molecule has 0 saturated carbocycles. The van der Waals surface area contributed by atoms with Gasteiger partial charge in [0.1, 0.15) is 5.37 Å². The lowest BCUT2D eigenvalue weighted by molar-refractivity contribution is -0.115. The van der Waals surface area contributed by atoms with Crippen LogP contribution in [-0.2, 0) is 11.3 Å². The Labute approximate surface area is 193 Å². The number of aromatic nitrogens is 1. The number of thioether (sulfide) groups is 1. The van der Waals surface area contributed by atoms with E-state index >= 15 is 0 Å². The molecule has 0 radical (unpaired) electrons. The first-order chi connectivity index (χ1) is 15.6. The first-order valence-electron chi connectivity index (χ1n) is 11.3. The maximum atomic E-state index is 13.0. The third-order valence-electron chi connectivity index (χ3n) is 6.33. The zero-order chi connectivity index (χ0) is 22.2. The van der Waals surface area contributed by atoms with Crippen molar-refractivity contribution in [2.45, 2.75) is 31.7 Å². The second kappa shape index (κ2) is 8.55. The third-order valence-corrected chi connectivity index (χ3v) is 7.54. The smallest absolute Gasteiger partial charge is 0.238 e. The number of carbonyl (C=O) groups is 1. The van der Waals surface area contributed by atoms with E-state index in [-0.39, 0.29) is 11.3 Å². The van der Waals surface area contributed by atoms with Crippen LogP contribution in [0.15, 0.2) is 66.7 Å². The minimum atomic E-state index is 0.00426. The van der Waals surface area contributed by atoms with Crippen molar-refractivity contribution in [1.29, 1.82) is 0 Å². The summed E-state index contributed by atoms with van der Waals surface area (Å²) < 4.78 is 2.43. The maximum absolute atomic E-state index is 13.0. The largest absolute Gasteiger partial charge is 0.378 e. The molecule has 32 heavy (non-hydrogen) atoms. The monoisotopic (exact) mass is 443 g/mol. The minimum absolute atomic E-state index is 0.00426. The summed E-state index contributed by atoms with van der Waals surface area (Å²) in [6, 6.07) is 23.7. The summed E-state index contributed by atoms with van der Waals surface area (Å²) in [6.45, 7) is 3.24. The fourth-order valence-corrected chi connectivity index (χ4v) is 5.81. The molecule has 0 aliphatic carbocycles. The molecule has 0 bridgehead atoms. The number of hydrogen-bond acceptors (Lipinski definition) is 3. The highest BCUT2D eigenvalue weighted by atomic mass is 32.2. The fourth-order valence-electron chi connectivity index (χ4n) is 4.64. The number of anilines is 2. The van der Waals surface area contributed by atoms with Gasteiger partial charge in [0, 0.05) is 53.8 Å². The van der Waals surface area contributed by atoms with E-state index in [1.807, 2.05) is 19.0 Å². The molecule has 1 fully saturated rings. The van der Waals surface area contributed by atoms with Crippen molar-refractivity contribution in [3.63, 3.8) is 0 Å². The zero-order valence-corrected chi connectivity index (χ0v) is 19.7. The molecule has 2 heterocycles. The Morgan fingerprint density at radius 3 is 2.47 bits per heavy atom. The Morgan fingerprint density at radius 2 is 1.72 bits per heavy atom. The van der Waals surface area contributed by atoms with Crippen molar-refractivity contribution in [3.05, 3.63) is 72.3 Å². The Hall–Kier alpha value is -2.92. The highest BCUT2D eigenvalue weighted by Gasteiger charge is 2.34. The number of carbonyl (C=O) groups excluding carboxylic acids is 1. The molecule has 1 aromatic heterocycles. The van der Waals surface area contributed by atoms with Crippen LogP contribution in [-0.4, -0.2) is 30.3 Å². The zero-order valence-electron chi connectivity index (χ0n) is 18.9. The molecule has 5 heteroatoms. The molecule has 1 aliphatic heterocycles. The lowest BCUT2D eigenvalue weighted by Gasteiger charge is -2.25. The lowest BCUT2D eigenvalue weighted by Crippen LogP contribution is -2.27. The van der Waals surface area contributed by atoms with Gasteiger partial charge in [0.25, 0.3) is 0 Å². The number of rotatable bonds is 6. The van der Waals surface area contributed by atoms with Crippen LogP contribution in [0.3, 0.4) is 0 Å². The summed E-state index contributed by atoms with van der Waals surface area (Å²) in [6.07, 6.45) is 2.32. The number of aryl methyl sites for hydroxylation is 1. The maximum Gasteiger partial charge on any atom is 0.238 e. The normalized spacial score (nSPS) is 16.4. The molecule has 1 saturated heterocycles. The molecule has 164 valence electrons. The van der Waals surface area contributed by atoms with Gasteiger partial charge < -0.3 is 9.47 Å². The summed E-state index contributed by atoms with van der Waals surface area (Å²) in [5.41, 5.74) is 5.82. The van der Waals surface area contributed by atoms with Crippen molar-refractivity contribution < 1.29 is 4.79 Å². The highest BCUT2D eigenvalue weighted by Crippen LogP contribution is 2.43.